The zero-order valence-corrected chi connectivity index (χ0v) is 16.7. The molecule has 2 aromatic rings. The van der Waals surface area contributed by atoms with Crippen LogP contribution in [0.25, 0.3) is 0 Å². The van der Waals surface area contributed by atoms with Crippen LogP contribution in [0.15, 0.2) is 40.7 Å². The van der Waals surface area contributed by atoms with Crippen LogP contribution in [0.4, 0.5) is 11.6 Å². The van der Waals surface area contributed by atoms with E-state index in [1.165, 1.54) is 23.9 Å². The van der Waals surface area contributed by atoms with E-state index in [1.54, 1.807) is 16.8 Å². The van der Waals surface area contributed by atoms with Gasteiger partial charge in [0.2, 0.25) is 11.1 Å². The number of nitrogens with one attached hydrogen (secondary N) is 1. The van der Waals surface area contributed by atoms with E-state index >= 15 is 0 Å². The second-order valence-corrected chi connectivity index (χ2v) is 9.04. The van der Waals surface area contributed by atoms with Crippen LogP contribution in [0, 0.1) is 15.5 Å². The summed E-state index contributed by atoms with van der Waals surface area (Å²) in [6.07, 6.45) is 1.14. The number of rotatable bonds is 4. The van der Waals surface area contributed by atoms with Crippen LogP contribution in [-0.4, -0.2) is 31.2 Å². The molecule has 0 radical (unpaired) electrons. The van der Waals surface area contributed by atoms with Crippen molar-refractivity contribution in [3.05, 3.63) is 51.2 Å². The lowest BCUT2D eigenvalue weighted by Gasteiger charge is -2.38. The van der Waals surface area contributed by atoms with E-state index in [2.05, 4.69) is 29.2 Å². The molecule has 8 nitrogen and oxygen atoms in total. The van der Waals surface area contributed by atoms with E-state index in [-0.39, 0.29) is 16.9 Å². The van der Waals surface area contributed by atoms with Crippen molar-refractivity contribution in [1.29, 1.82) is 0 Å². The molecule has 146 valence electrons. The van der Waals surface area contributed by atoms with E-state index in [1.807, 2.05) is 6.92 Å². The van der Waals surface area contributed by atoms with Crippen LogP contribution < -0.4 is 5.32 Å². The molecule has 1 aromatic heterocycles. The Hall–Kier alpha value is -2.68. The van der Waals surface area contributed by atoms with Gasteiger partial charge < -0.3 is 5.32 Å². The Bertz CT molecular complexity index is 1010. The second-order valence-electron chi connectivity index (χ2n) is 7.81. The first-order valence-electron chi connectivity index (χ1n) is 9.16. The summed E-state index contributed by atoms with van der Waals surface area (Å²) < 4.78 is 1.69. The number of non-ortho nitro benzene ring substituents is 1. The van der Waals surface area contributed by atoms with Crippen molar-refractivity contribution in [1.82, 2.24) is 14.8 Å². The molecule has 1 aromatic carbocycles. The first-order chi connectivity index (χ1) is 13.3. The van der Waals surface area contributed by atoms with Crippen molar-refractivity contribution in [2.45, 2.75) is 44.8 Å². The lowest BCUT2D eigenvalue weighted by Crippen LogP contribution is -2.36. The van der Waals surface area contributed by atoms with Crippen LogP contribution in [0.1, 0.15) is 45.2 Å². The number of Topliss-reactive ketones (excluding diaryl/α,β-unsaturated/α-hetero) is 1. The molecule has 0 bridgehead atoms. The molecule has 1 unspecified atom stereocenters. The lowest BCUT2D eigenvalue weighted by molar-refractivity contribution is -0.384. The molecule has 1 aliphatic heterocycles. The summed E-state index contributed by atoms with van der Waals surface area (Å²) in [6.45, 7) is 6.15. The smallest absolute Gasteiger partial charge is 0.269 e. The molecule has 0 fully saturated rings. The average Bonchev–Trinajstić information content (AvgIpc) is 3.01. The van der Waals surface area contributed by atoms with Gasteiger partial charge in [-0.3, -0.25) is 14.9 Å². The van der Waals surface area contributed by atoms with Crippen LogP contribution in [-0.2, 0) is 4.79 Å². The molecule has 0 amide bonds. The number of anilines is 1. The number of carbonyl (C=O) groups excluding carboxylic acids is 1. The third kappa shape index (κ3) is 3.19. The largest absolute Gasteiger partial charge is 0.328 e. The van der Waals surface area contributed by atoms with Gasteiger partial charge in [0.1, 0.15) is 6.04 Å². The van der Waals surface area contributed by atoms with Gasteiger partial charge >= 0.3 is 0 Å². The van der Waals surface area contributed by atoms with Crippen LogP contribution in [0.5, 0.6) is 0 Å². The number of ketones is 1. The Kier molecular flexibility index (Phi) is 4.49. The Morgan fingerprint density at radius 3 is 2.89 bits per heavy atom. The van der Waals surface area contributed by atoms with Gasteiger partial charge in [-0.15, -0.1) is 5.10 Å². The van der Waals surface area contributed by atoms with Crippen molar-refractivity contribution in [2.75, 3.05) is 11.1 Å². The molecule has 0 saturated heterocycles. The van der Waals surface area contributed by atoms with Crippen LogP contribution in [0.2, 0.25) is 0 Å². The highest BCUT2D eigenvalue weighted by atomic mass is 32.2. The van der Waals surface area contributed by atoms with Gasteiger partial charge in [-0.2, -0.15) is 4.98 Å². The van der Waals surface area contributed by atoms with Crippen molar-refractivity contribution < 1.29 is 9.72 Å². The molecule has 9 heteroatoms. The molecule has 0 saturated carbocycles. The highest BCUT2D eigenvalue weighted by Gasteiger charge is 2.42. The molecular weight excluding hydrogens is 378 g/mol. The summed E-state index contributed by atoms with van der Waals surface area (Å²) in [5.74, 6) is 1.43. The molecule has 2 heterocycles. The zero-order valence-electron chi connectivity index (χ0n) is 15.9. The maximum Gasteiger partial charge on any atom is 0.269 e. The quantitative estimate of drug-likeness (QED) is 0.471. The number of aromatic nitrogens is 3. The second kappa shape index (κ2) is 6.73. The van der Waals surface area contributed by atoms with E-state index in [0.717, 1.165) is 11.4 Å². The highest BCUT2D eigenvalue weighted by Crippen LogP contribution is 2.45. The molecule has 1 atom stereocenters. The maximum atomic E-state index is 13.1. The summed E-state index contributed by atoms with van der Waals surface area (Å²) in [4.78, 5) is 28.5. The fourth-order valence-corrected chi connectivity index (χ4v) is 4.45. The molecular formula is C19H21N5O3S. The molecule has 2 aliphatic rings. The fourth-order valence-electron chi connectivity index (χ4n) is 3.90. The molecule has 1 N–H and O–H groups in total. The molecule has 28 heavy (non-hydrogen) atoms. The summed E-state index contributed by atoms with van der Waals surface area (Å²) >= 11 is 1.51. The third-order valence-corrected chi connectivity index (χ3v) is 5.70. The molecule has 0 spiro atoms. The highest BCUT2D eigenvalue weighted by molar-refractivity contribution is 7.99. The first-order valence-corrected chi connectivity index (χ1v) is 10.1. The van der Waals surface area contributed by atoms with Crippen LogP contribution >= 0.6 is 11.8 Å². The summed E-state index contributed by atoms with van der Waals surface area (Å²) in [5, 5.41) is 19.8. The summed E-state index contributed by atoms with van der Waals surface area (Å²) in [7, 11) is 0. The van der Waals surface area contributed by atoms with Gasteiger partial charge in [0.15, 0.2) is 5.78 Å². The van der Waals surface area contributed by atoms with Crippen molar-refractivity contribution in [3.8, 4) is 0 Å². The number of thioether (sulfide) groups is 1. The van der Waals surface area contributed by atoms with Gasteiger partial charge in [-0.25, -0.2) is 4.68 Å². The maximum absolute atomic E-state index is 13.1. The normalized spacial score (nSPS) is 20.4. The van der Waals surface area contributed by atoms with Gasteiger partial charge in [0, 0.05) is 29.8 Å². The Labute approximate surface area is 166 Å². The number of nitro benzene ring substituents is 1. The third-order valence-electron chi connectivity index (χ3n) is 4.98. The van der Waals surface area contributed by atoms with Crippen molar-refractivity contribution >= 4 is 29.2 Å². The van der Waals surface area contributed by atoms with E-state index in [0.29, 0.717) is 35.1 Å². The number of carbonyl (C=O) groups is 1. The molecule has 4 rings (SSSR count). The number of hydrogen-bond acceptors (Lipinski definition) is 7. The first kappa shape index (κ1) is 18.7. The number of hydrogen-bond donors (Lipinski definition) is 1. The minimum absolute atomic E-state index is 0.00778. The van der Waals surface area contributed by atoms with Crippen molar-refractivity contribution in [3.63, 3.8) is 0 Å². The lowest BCUT2D eigenvalue weighted by atomic mass is 9.73. The van der Waals surface area contributed by atoms with Crippen LogP contribution in [0.3, 0.4) is 0 Å². The van der Waals surface area contributed by atoms with Gasteiger partial charge in [0.25, 0.3) is 5.69 Å². The predicted octanol–water partition coefficient (Wildman–Crippen LogP) is 3.96. The summed E-state index contributed by atoms with van der Waals surface area (Å²) in [5.41, 5.74) is 1.97. The van der Waals surface area contributed by atoms with Gasteiger partial charge in [-0.1, -0.05) is 44.7 Å². The van der Waals surface area contributed by atoms with Gasteiger partial charge in [0.05, 0.1) is 4.92 Å². The number of nitrogens with zero attached hydrogens (tertiary/aromatic N) is 4. The van der Waals surface area contributed by atoms with E-state index in [9.17, 15) is 14.9 Å². The Morgan fingerprint density at radius 1 is 1.39 bits per heavy atom. The minimum atomic E-state index is -0.520. The topological polar surface area (TPSA) is 103 Å². The average molecular weight is 399 g/mol. The standard InChI is InChI=1S/C19H21N5O3S/c1-4-28-18-21-17-20-13-9-19(2,3)10-14(25)15(13)16(23(17)22-18)11-6-5-7-12(8-11)24(26)27/h5-8,16H,4,9-10H2,1-3H3,(H,20,21,22). The zero-order chi connectivity index (χ0) is 20.1. The SMILES string of the molecule is CCSc1nc2n(n1)C(c1cccc([N+](=O)[O-])c1)C1=C(CC(C)(C)CC1=O)N2. The number of allylic oxidation sites excluding steroid dienone is 2. The number of benzene rings is 1. The Morgan fingerprint density at radius 2 is 2.18 bits per heavy atom. The van der Waals surface area contributed by atoms with Gasteiger partial charge in [-0.05, 0) is 23.2 Å². The minimum Gasteiger partial charge on any atom is -0.328 e. The van der Waals surface area contributed by atoms with E-state index in [4.69, 9.17) is 0 Å². The predicted molar refractivity (Wildman–Crippen MR) is 106 cm³/mol. The number of nitro groups is 1. The fraction of sp³-hybridized carbons (Fsp3) is 0.421. The number of fused-ring (bicyclic) bond motifs is 1. The monoisotopic (exact) mass is 399 g/mol. The summed E-state index contributed by atoms with van der Waals surface area (Å²) in [6, 6.07) is 5.90. The Balaban J connectivity index is 1.90. The van der Waals surface area contributed by atoms with Crippen molar-refractivity contribution in [2.24, 2.45) is 5.41 Å². The molecule has 1 aliphatic carbocycles. The van der Waals surface area contributed by atoms with E-state index < -0.39 is 11.0 Å².